The molecule has 0 aliphatic rings. The van der Waals surface area contributed by atoms with Crippen LogP contribution in [0.15, 0.2) is 30.5 Å². The summed E-state index contributed by atoms with van der Waals surface area (Å²) in [7, 11) is 0. The highest BCUT2D eigenvalue weighted by atomic mass is 35.5. The van der Waals surface area contributed by atoms with E-state index in [1.54, 1.807) is 0 Å². The van der Waals surface area contributed by atoms with Gasteiger partial charge in [0.25, 0.3) is 0 Å². The Morgan fingerprint density at radius 1 is 1.21 bits per heavy atom. The maximum atomic E-state index is 9.02. The Morgan fingerprint density at radius 2 is 2.00 bits per heavy atom. The third-order valence-electron chi connectivity index (χ3n) is 2.61. The molecule has 19 heavy (non-hydrogen) atoms. The number of rotatable bonds is 5. The van der Waals surface area contributed by atoms with Crippen LogP contribution in [0.2, 0.25) is 10.3 Å². The Balaban J connectivity index is 2.10. The smallest absolute Gasteiger partial charge is 0.154 e. The predicted octanol–water partition coefficient (Wildman–Crippen LogP) is 2.93. The second-order valence-electron chi connectivity index (χ2n) is 3.91. The number of benzene rings is 1. The minimum atomic E-state index is 0.111. The first-order valence-electron chi connectivity index (χ1n) is 5.80. The minimum absolute atomic E-state index is 0.111. The van der Waals surface area contributed by atoms with Gasteiger partial charge in [0.2, 0.25) is 0 Å². The summed E-state index contributed by atoms with van der Waals surface area (Å²) in [6.45, 7) is 0.561. The molecule has 0 spiro atoms. The van der Waals surface area contributed by atoms with Gasteiger partial charge in [-0.3, -0.25) is 4.98 Å². The average Bonchev–Trinajstić information content (AvgIpc) is 2.40. The molecule has 6 heteroatoms. The van der Waals surface area contributed by atoms with Crippen molar-refractivity contribution in [3.05, 3.63) is 52.0 Å². The standard InChI is InChI=1S/C13H13Cl2N3O/c14-12-8-17-11(13(15)18-12)7-16-10-4-2-1-3-9(10)5-6-19/h1-4,8,16,19H,5-7H2. The van der Waals surface area contributed by atoms with Gasteiger partial charge in [-0.05, 0) is 18.1 Å². The maximum Gasteiger partial charge on any atom is 0.154 e. The van der Waals surface area contributed by atoms with Gasteiger partial charge in [-0.25, -0.2) is 4.98 Å². The number of halogens is 2. The van der Waals surface area contributed by atoms with E-state index < -0.39 is 0 Å². The summed E-state index contributed by atoms with van der Waals surface area (Å²) >= 11 is 11.7. The number of anilines is 1. The molecule has 0 saturated carbocycles. The van der Waals surface area contributed by atoms with Crippen LogP contribution in [0, 0.1) is 0 Å². The molecule has 0 amide bonds. The molecule has 0 unspecified atom stereocenters. The number of aromatic nitrogens is 2. The molecular weight excluding hydrogens is 285 g/mol. The Labute approximate surface area is 121 Å². The van der Waals surface area contributed by atoms with Crippen molar-refractivity contribution in [1.82, 2.24) is 9.97 Å². The average molecular weight is 298 g/mol. The molecule has 0 bridgehead atoms. The van der Waals surface area contributed by atoms with Gasteiger partial charge >= 0.3 is 0 Å². The number of hydrogen-bond donors (Lipinski definition) is 2. The molecule has 0 fully saturated rings. The number of aliphatic hydroxyl groups excluding tert-OH is 1. The number of nitrogens with one attached hydrogen (secondary N) is 1. The molecule has 2 rings (SSSR count). The molecule has 0 aliphatic carbocycles. The first-order valence-corrected chi connectivity index (χ1v) is 6.56. The number of para-hydroxylation sites is 1. The molecule has 0 aliphatic heterocycles. The molecule has 100 valence electrons. The van der Waals surface area contributed by atoms with Crippen LogP contribution in [0.5, 0.6) is 0 Å². The van der Waals surface area contributed by atoms with Crippen molar-refractivity contribution < 1.29 is 5.11 Å². The lowest BCUT2D eigenvalue weighted by atomic mass is 10.1. The Morgan fingerprint density at radius 3 is 2.74 bits per heavy atom. The van der Waals surface area contributed by atoms with E-state index in [1.807, 2.05) is 24.3 Å². The molecule has 1 aromatic carbocycles. The number of aliphatic hydroxyl groups is 1. The molecule has 4 nitrogen and oxygen atoms in total. The van der Waals surface area contributed by atoms with Gasteiger partial charge in [-0.15, -0.1) is 0 Å². The van der Waals surface area contributed by atoms with Crippen molar-refractivity contribution in [2.45, 2.75) is 13.0 Å². The van der Waals surface area contributed by atoms with Gasteiger partial charge in [0.15, 0.2) is 5.15 Å². The summed E-state index contributed by atoms with van der Waals surface area (Å²) in [6.07, 6.45) is 2.06. The normalized spacial score (nSPS) is 10.5. The van der Waals surface area contributed by atoms with Crippen LogP contribution < -0.4 is 5.32 Å². The van der Waals surface area contributed by atoms with Gasteiger partial charge < -0.3 is 10.4 Å². The molecule has 1 aromatic heterocycles. The Kier molecular flexibility index (Phi) is 4.96. The van der Waals surface area contributed by atoms with Crippen molar-refractivity contribution in [1.29, 1.82) is 0 Å². The monoisotopic (exact) mass is 297 g/mol. The molecule has 2 aromatic rings. The third kappa shape index (κ3) is 3.80. The van der Waals surface area contributed by atoms with Crippen LogP contribution in [0.1, 0.15) is 11.3 Å². The molecule has 0 radical (unpaired) electrons. The van der Waals surface area contributed by atoms with Crippen LogP contribution in [-0.2, 0) is 13.0 Å². The summed E-state index contributed by atoms with van der Waals surface area (Å²) in [5.74, 6) is 0. The topological polar surface area (TPSA) is 58.0 Å². The first-order chi connectivity index (χ1) is 9.20. The molecule has 0 saturated heterocycles. The summed E-state index contributed by atoms with van der Waals surface area (Å²) < 4.78 is 0. The summed E-state index contributed by atoms with van der Waals surface area (Å²) in [5, 5.41) is 12.8. The fraction of sp³-hybridized carbons (Fsp3) is 0.231. The molecular formula is C13H13Cl2N3O. The van der Waals surface area contributed by atoms with E-state index in [0.717, 1.165) is 11.3 Å². The van der Waals surface area contributed by atoms with Crippen molar-refractivity contribution in [2.75, 3.05) is 11.9 Å². The van der Waals surface area contributed by atoms with Gasteiger partial charge in [-0.2, -0.15) is 0 Å². The maximum absolute atomic E-state index is 9.02. The highest BCUT2D eigenvalue weighted by molar-refractivity contribution is 6.32. The highest BCUT2D eigenvalue weighted by Crippen LogP contribution is 2.19. The molecule has 2 N–H and O–H groups in total. The van der Waals surface area contributed by atoms with Crippen molar-refractivity contribution in [2.24, 2.45) is 0 Å². The van der Waals surface area contributed by atoms with Crippen LogP contribution in [-0.4, -0.2) is 21.7 Å². The van der Waals surface area contributed by atoms with E-state index in [0.29, 0.717) is 23.8 Å². The summed E-state index contributed by atoms with van der Waals surface area (Å²) in [4.78, 5) is 8.06. The predicted molar refractivity (Wildman–Crippen MR) is 76.6 cm³/mol. The zero-order valence-corrected chi connectivity index (χ0v) is 11.6. The Hall–Kier alpha value is -1.36. The minimum Gasteiger partial charge on any atom is -0.396 e. The molecule has 1 heterocycles. The first kappa shape index (κ1) is 14.1. The van der Waals surface area contributed by atoms with Crippen LogP contribution in [0.4, 0.5) is 5.69 Å². The lowest BCUT2D eigenvalue weighted by molar-refractivity contribution is 0.300. The quantitative estimate of drug-likeness (QED) is 0.891. The Bertz CT molecular complexity index is 563. The van der Waals surface area contributed by atoms with Crippen LogP contribution in [0.3, 0.4) is 0 Å². The van der Waals surface area contributed by atoms with E-state index >= 15 is 0 Å². The van der Waals surface area contributed by atoms with E-state index in [-0.39, 0.29) is 11.8 Å². The lowest BCUT2D eigenvalue weighted by Gasteiger charge is -2.11. The van der Waals surface area contributed by atoms with Crippen molar-refractivity contribution in [3.8, 4) is 0 Å². The second-order valence-corrected chi connectivity index (χ2v) is 4.66. The summed E-state index contributed by atoms with van der Waals surface area (Å²) in [6, 6.07) is 7.78. The fourth-order valence-electron chi connectivity index (χ4n) is 1.70. The van der Waals surface area contributed by atoms with Crippen molar-refractivity contribution >= 4 is 28.9 Å². The third-order valence-corrected chi connectivity index (χ3v) is 3.10. The largest absolute Gasteiger partial charge is 0.396 e. The lowest BCUT2D eigenvalue weighted by Crippen LogP contribution is -2.06. The molecule has 0 atom stereocenters. The zero-order chi connectivity index (χ0) is 13.7. The summed E-state index contributed by atoms with van der Waals surface area (Å²) in [5.41, 5.74) is 2.62. The highest BCUT2D eigenvalue weighted by Gasteiger charge is 2.06. The fourth-order valence-corrected chi connectivity index (χ4v) is 2.08. The van der Waals surface area contributed by atoms with Crippen LogP contribution >= 0.6 is 23.2 Å². The van der Waals surface area contributed by atoms with Crippen LogP contribution in [0.25, 0.3) is 0 Å². The van der Waals surface area contributed by atoms with Gasteiger partial charge in [0.05, 0.1) is 18.4 Å². The number of hydrogen-bond acceptors (Lipinski definition) is 4. The van der Waals surface area contributed by atoms with E-state index in [9.17, 15) is 0 Å². The van der Waals surface area contributed by atoms with E-state index in [2.05, 4.69) is 15.3 Å². The van der Waals surface area contributed by atoms with Gasteiger partial charge in [-0.1, -0.05) is 41.4 Å². The van der Waals surface area contributed by atoms with E-state index in [4.69, 9.17) is 28.3 Å². The SMILES string of the molecule is OCCc1ccccc1NCc1ncc(Cl)nc1Cl. The van der Waals surface area contributed by atoms with Gasteiger partial charge in [0, 0.05) is 12.3 Å². The van der Waals surface area contributed by atoms with Gasteiger partial charge in [0.1, 0.15) is 5.15 Å². The number of nitrogens with zero attached hydrogens (tertiary/aromatic N) is 2. The second kappa shape index (κ2) is 6.70. The van der Waals surface area contributed by atoms with E-state index in [1.165, 1.54) is 6.20 Å². The van der Waals surface area contributed by atoms with Crippen molar-refractivity contribution in [3.63, 3.8) is 0 Å². The zero-order valence-electron chi connectivity index (χ0n) is 10.1.